The smallest absolute Gasteiger partial charge is 0.230 e. The Morgan fingerprint density at radius 2 is 2.29 bits per heavy atom. The van der Waals surface area contributed by atoms with E-state index < -0.39 is 0 Å². The number of amides is 1. The van der Waals surface area contributed by atoms with E-state index in [1.165, 1.54) is 11.8 Å². The number of thioether (sulfide) groups is 1. The molecule has 1 aliphatic heterocycles. The highest BCUT2D eigenvalue weighted by Gasteiger charge is 2.24. The molecule has 1 aromatic carbocycles. The zero-order valence-corrected chi connectivity index (χ0v) is 15.0. The van der Waals surface area contributed by atoms with Crippen LogP contribution in [0, 0.1) is 12.8 Å². The van der Waals surface area contributed by atoms with Crippen molar-refractivity contribution in [2.75, 3.05) is 25.4 Å². The van der Waals surface area contributed by atoms with Gasteiger partial charge in [0.15, 0.2) is 0 Å². The van der Waals surface area contributed by atoms with Gasteiger partial charge in [-0.05, 0) is 30.7 Å². The standard InChI is InChI=1S/C14H19BrN2O2S.ClH/c1-9-4-11(15)2-3-13(9)20-8-14(19)17-6-10-5-16-7-12(10)18;/h2-4,10,12,16,18H,5-8H2,1H3,(H,17,19);1H. The summed E-state index contributed by atoms with van der Waals surface area (Å²) in [6.45, 7) is 3.95. The highest BCUT2D eigenvalue weighted by Crippen LogP contribution is 2.25. The number of rotatable bonds is 5. The number of benzene rings is 1. The van der Waals surface area contributed by atoms with Crippen molar-refractivity contribution < 1.29 is 9.90 Å². The fourth-order valence-electron chi connectivity index (χ4n) is 2.14. The first-order valence-corrected chi connectivity index (χ1v) is 8.38. The largest absolute Gasteiger partial charge is 0.391 e. The summed E-state index contributed by atoms with van der Waals surface area (Å²) in [7, 11) is 0. The number of carbonyl (C=O) groups is 1. The molecule has 7 heteroatoms. The van der Waals surface area contributed by atoms with Gasteiger partial charge < -0.3 is 15.7 Å². The first kappa shape index (κ1) is 18.8. The van der Waals surface area contributed by atoms with Crippen LogP contribution in [0.3, 0.4) is 0 Å². The van der Waals surface area contributed by atoms with Crippen LogP contribution in [-0.4, -0.2) is 42.5 Å². The number of hydrogen-bond acceptors (Lipinski definition) is 4. The average Bonchev–Trinajstić information content (AvgIpc) is 2.81. The monoisotopic (exact) mass is 394 g/mol. The van der Waals surface area contributed by atoms with Crippen LogP contribution in [0.2, 0.25) is 0 Å². The van der Waals surface area contributed by atoms with E-state index in [1.54, 1.807) is 0 Å². The molecule has 1 aromatic rings. The lowest BCUT2D eigenvalue weighted by Crippen LogP contribution is -2.35. The maximum atomic E-state index is 11.8. The maximum absolute atomic E-state index is 11.8. The van der Waals surface area contributed by atoms with Crippen LogP contribution in [0.1, 0.15) is 5.56 Å². The van der Waals surface area contributed by atoms with E-state index in [0.29, 0.717) is 18.8 Å². The normalized spacial score (nSPS) is 20.9. The predicted octanol–water partition coefficient (Wildman–Crippen LogP) is 1.97. The number of nitrogens with one attached hydrogen (secondary N) is 2. The molecule has 0 aromatic heterocycles. The van der Waals surface area contributed by atoms with Gasteiger partial charge in [0.05, 0.1) is 11.9 Å². The number of carbonyl (C=O) groups excluding carboxylic acids is 1. The minimum atomic E-state index is -0.350. The Bertz CT molecular complexity index is 490. The Morgan fingerprint density at radius 3 is 2.90 bits per heavy atom. The lowest BCUT2D eigenvalue weighted by atomic mass is 10.1. The minimum absolute atomic E-state index is 0. The molecule has 3 N–H and O–H groups in total. The Morgan fingerprint density at radius 1 is 1.52 bits per heavy atom. The number of aliphatic hydroxyl groups is 1. The average molecular weight is 396 g/mol. The summed E-state index contributed by atoms with van der Waals surface area (Å²) in [5.41, 5.74) is 1.16. The second-order valence-electron chi connectivity index (χ2n) is 4.99. The summed E-state index contributed by atoms with van der Waals surface area (Å²) >= 11 is 4.96. The molecule has 1 amide bonds. The van der Waals surface area contributed by atoms with E-state index in [2.05, 4.69) is 26.6 Å². The summed E-state index contributed by atoms with van der Waals surface area (Å²) in [5.74, 6) is 0.536. The van der Waals surface area contributed by atoms with Gasteiger partial charge in [0.1, 0.15) is 0 Å². The zero-order valence-electron chi connectivity index (χ0n) is 11.8. The van der Waals surface area contributed by atoms with Crippen molar-refractivity contribution >= 4 is 46.0 Å². The fraction of sp³-hybridized carbons (Fsp3) is 0.500. The molecular formula is C14H20BrClN2O2S. The highest BCUT2D eigenvalue weighted by atomic mass is 79.9. The zero-order chi connectivity index (χ0) is 14.5. The summed E-state index contributed by atoms with van der Waals surface area (Å²) in [5, 5.41) is 15.6. The van der Waals surface area contributed by atoms with Gasteiger partial charge in [-0.25, -0.2) is 0 Å². The Labute approximate surface area is 144 Å². The molecule has 1 saturated heterocycles. The number of β-amino-alcohol motifs (C(OH)–C–C–N with tert-alkyl or cyclic N) is 1. The molecule has 1 fully saturated rings. The van der Waals surface area contributed by atoms with Gasteiger partial charge in [-0.1, -0.05) is 15.9 Å². The lowest BCUT2D eigenvalue weighted by Gasteiger charge is -2.14. The number of hydrogen-bond donors (Lipinski definition) is 3. The molecule has 2 atom stereocenters. The molecule has 0 radical (unpaired) electrons. The van der Waals surface area contributed by atoms with Crippen LogP contribution < -0.4 is 10.6 Å². The van der Waals surface area contributed by atoms with Crippen molar-refractivity contribution in [1.82, 2.24) is 10.6 Å². The highest BCUT2D eigenvalue weighted by molar-refractivity contribution is 9.10. The minimum Gasteiger partial charge on any atom is -0.391 e. The molecule has 2 unspecified atom stereocenters. The van der Waals surface area contributed by atoms with Crippen molar-refractivity contribution in [2.45, 2.75) is 17.9 Å². The van der Waals surface area contributed by atoms with Gasteiger partial charge in [-0.3, -0.25) is 4.79 Å². The summed E-state index contributed by atoms with van der Waals surface area (Å²) in [6, 6.07) is 6.04. The molecule has 118 valence electrons. The van der Waals surface area contributed by atoms with Crippen molar-refractivity contribution in [3.8, 4) is 0 Å². The molecule has 0 spiro atoms. The van der Waals surface area contributed by atoms with Gasteiger partial charge in [0.25, 0.3) is 0 Å². The molecule has 1 heterocycles. The topological polar surface area (TPSA) is 61.4 Å². The molecule has 0 aliphatic carbocycles. The first-order chi connectivity index (χ1) is 9.56. The molecule has 2 rings (SSSR count). The van der Waals surface area contributed by atoms with Gasteiger partial charge in [0, 0.05) is 34.9 Å². The quantitative estimate of drug-likeness (QED) is 0.667. The Hall–Kier alpha value is -0.270. The van der Waals surface area contributed by atoms with Crippen LogP contribution in [-0.2, 0) is 4.79 Å². The van der Waals surface area contributed by atoms with Crippen molar-refractivity contribution in [2.24, 2.45) is 5.92 Å². The van der Waals surface area contributed by atoms with Gasteiger partial charge in [-0.2, -0.15) is 0 Å². The second kappa shape index (κ2) is 9.00. The molecule has 0 saturated carbocycles. The predicted molar refractivity (Wildman–Crippen MR) is 92.2 cm³/mol. The third-order valence-electron chi connectivity index (χ3n) is 3.36. The molecule has 21 heavy (non-hydrogen) atoms. The number of halogens is 2. The van der Waals surface area contributed by atoms with Crippen LogP contribution in [0.25, 0.3) is 0 Å². The lowest BCUT2D eigenvalue weighted by molar-refractivity contribution is -0.118. The van der Waals surface area contributed by atoms with E-state index >= 15 is 0 Å². The van der Waals surface area contributed by atoms with E-state index in [1.807, 2.05) is 25.1 Å². The maximum Gasteiger partial charge on any atom is 0.230 e. The third-order valence-corrected chi connectivity index (χ3v) is 5.03. The van der Waals surface area contributed by atoms with Gasteiger partial charge in [0.2, 0.25) is 5.91 Å². The fourth-order valence-corrected chi connectivity index (χ4v) is 3.46. The van der Waals surface area contributed by atoms with Crippen LogP contribution in [0.4, 0.5) is 0 Å². The van der Waals surface area contributed by atoms with Crippen LogP contribution in [0.5, 0.6) is 0 Å². The summed E-state index contributed by atoms with van der Waals surface area (Å²) < 4.78 is 1.05. The first-order valence-electron chi connectivity index (χ1n) is 6.60. The second-order valence-corrected chi connectivity index (χ2v) is 6.92. The van der Waals surface area contributed by atoms with Gasteiger partial charge >= 0.3 is 0 Å². The molecule has 4 nitrogen and oxygen atoms in total. The van der Waals surface area contributed by atoms with Crippen LogP contribution >= 0.6 is 40.1 Å². The Kier molecular flexibility index (Phi) is 8.05. The summed E-state index contributed by atoms with van der Waals surface area (Å²) in [4.78, 5) is 12.9. The van der Waals surface area contributed by atoms with Gasteiger partial charge in [-0.15, -0.1) is 24.2 Å². The van der Waals surface area contributed by atoms with E-state index in [4.69, 9.17) is 0 Å². The SMILES string of the molecule is Cc1cc(Br)ccc1SCC(=O)NCC1CNCC1O.Cl. The molecule has 0 bridgehead atoms. The van der Waals surface area contributed by atoms with Crippen molar-refractivity contribution in [3.05, 3.63) is 28.2 Å². The summed E-state index contributed by atoms with van der Waals surface area (Å²) in [6.07, 6.45) is -0.350. The van der Waals surface area contributed by atoms with E-state index in [-0.39, 0.29) is 30.3 Å². The molecular weight excluding hydrogens is 376 g/mol. The number of aliphatic hydroxyl groups excluding tert-OH is 1. The van der Waals surface area contributed by atoms with Crippen molar-refractivity contribution in [3.63, 3.8) is 0 Å². The van der Waals surface area contributed by atoms with Crippen LogP contribution in [0.15, 0.2) is 27.6 Å². The number of aryl methyl sites for hydroxylation is 1. The van der Waals surface area contributed by atoms with E-state index in [0.717, 1.165) is 21.5 Å². The van der Waals surface area contributed by atoms with Crippen molar-refractivity contribution in [1.29, 1.82) is 0 Å². The van der Waals surface area contributed by atoms with E-state index in [9.17, 15) is 9.90 Å². The third kappa shape index (κ3) is 5.79. The Balaban J connectivity index is 0.00000220. The molecule has 1 aliphatic rings.